The summed E-state index contributed by atoms with van der Waals surface area (Å²) < 4.78 is 9.88. The molecule has 1 aliphatic rings. The van der Waals surface area contributed by atoms with Crippen molar-refractivity contribution in [2.45, 2.75) is 20.3 Å². The van der Waals surface area contributed by atoms with Crippen molar-refractivity contribution >= 4 is 41.2 Å². The maximum Gasteiger partial charge on any atom is 0.338 e. The first-order valence-corrected chi connectivity index (χ1v) is 9.81. The van der Waals surface area contributed by atoms with E-state index in [1.165, 1.54) is 22.7 Å². The van der Waals surface area contributed by atoms with Gasteiger partial charge in [-0.15, -0.1) is 0 Å². The fourth-order valence-electron chi connectivity index (χ4n) is 2.30. The minimum Gasteiger partial charge on any atom is -0.463 e. The van der Waals surface area contributed by atoms with Gasteiger partial charge in [0.15, 0.2) is 0 Å². The number of hydrogen-bond donors (Lipinski definition) is 1. The molecule has 150 valence electrons. The topological polar surface area (TPSA) is 102 Å². The van der Waals surface area contributed by atoms with Crippen LogP contribution in [0.4, 0.5) is 5.69 Å². The predicted molar refractivity (Wildman–Crippen MR) is 105 cm³/mol. The second kappa shape index (κ2) is 10.5. The van der Waals surface area contributed by atoms with Crippen molar-refractivity contribution in [1.82, 2.24) is 4.90 Å². The van der Waals surface area contributed by atoms with Crippen LogP contribution in [0.3, 0.4) is 0 Å². The van der Waals surface area contributed by atoms with E-state index in [9.17, 15) is 19.2 Å². The maximum atomic E-state index is 12.3. The van der Waals surface area contributed by atoms with Crippen LogP contribution >= 0.6 is 11.8 Å². The smallest absolute Gasteiger partial charge is 0.338 e. The van der Waals surface area contributed by atoms with Crippen molar-refractivity contribution in [2.24, 2.45) is 0 Å². The van der Waals surface area contributed by atoms with Gasteiger partial charge in [0.1, 0.15) is 6.54 Å². The van der Waals surface area contributed by atoms with Crippen LogP contribution in [0.5, 0.6) is 0 Å². The minimum atomic E-state index is -0.560. The Hall–Kier alpha value is -2.81. The lowest BCUT2D eigenvalue weighted by Gasteiger charge is -2.16. The number of rotatable bonds is 8. The third kappa shape index (κ3) is 6.12. The van der Waals surface area contributed by atoms with Crippen LogP contribution in [-0.4, -0.2) is 54.2 Å². The fourth-order valence-corrected chi connectivity index (χ4v) is 3.23. The molecule has 0 unspecified atom stereocenters. The highest BCUT2D eigenvalue weighted by Crippen LogP contribution is 2.28. The van der Waals surface area contributed by atoms with E-state index in [4.69, 9.17) is 9.47 Å². The molecule has 1 N–H and O–H groups in total. The van der Waals surface area contributed by atoms with Crippen LogP contribution in [0.2, 0.25) is 0 Å². The van der Waals surface area contributed by atoms with Gasteiger partial charge in [0.05, 0.1) is 35.6 Å². The molecule has 0 bridgehead atoms. The Morgan fingerprint density at radius 2 is 1.89 bits per heavy atom. The van der Waals surface area contributed by atoms with Gasteiger partial charge in [-0.05, 0) is 37.6 Å². The highest BCUT2D eigenvalue weighted by atomic mass is 32.2. The molecule has 0 aromatic heterocycles. The highest BCUT2D eigenvalue weighted by Gasteiger charge is 2.29. The second-order valence-electron chi connectivity index (χ2n) is 5.76. The Kier molecular flexibility index (Phi) is 8.06. The van der Waals surface area contributed by atoms with Crippen LogP contribution in [-0.2, 0) is 23.9 Å². The minimum absolute atomic E-state index is 0.160. The van der Waals surface area contributed by atoms with E-state index in [-0.39, 0.29) is 24.8 Å². The Morgan fingerprint density at radius 1 is 1.18 bits per heavy atom. The molecule has 1 aromatic rings. The zero-order valence-electron chi connectivity index (χ0n) is 15.7. The molecule has 0 aliphatic carbocycles. The van der Waals surface area contributed by atoms with Gasteiger partial charge in [0.2, 0.25) is 11.8 Å². The summed E-state index contributed by atoms with van der Waals surface area (Å²) in [6, 6.07) is 6.26. The van der Waals surface area contributed by atoms with Crippen molar-refractivity contribution in [3.63, 3.8) is 0 Å². The van der Waals surface area contributed by atoms with Crippen LogP contribution in [0, 0.1) is 0 Å². The highest BCUT2D eigenvalue weighted by molar-refractivity contribution is 8.04. The van der Waals surface area contributed by atoms with Gasteiger partial charge in [-0.2, -0.15) is 0 Å². The molecule has 1 saturated heterocycles. The zero-order chi connectivity index (χ0) is 20.5. The number of carbonyl (C=O) groups is 4. The van der Waals surface area contributed by atoms with Gasteiger partial charge in [-0.1, -0.05) is 18.7 Å². The van der Waals surface area contributed by atoms with E-state index in [2.05, 4.69) is 5.32 Å². The van der Waals surface area contributed by atoms with Gasteiger partial charge in [0.25, 0.3) is 0 Å². The maximum absolute atomic E-state index is 12.3. The lowest BCUT2D eigenvalue weighted by molar-refractivity contribution is -0.137. The third-order valence-corrected chi connectivity index (χ3v) is 4.61. The Labute approximate surface area is 167 Å². The molecule has 1 heterocycles. The van der Waals surface area contributed by atoms with E-state index in [1.807, 2.05) is 6.92 Å². The Morgan fingerprint density at radius 3 is 2.54 bits per heavy atom. The Balaban J connectivity index is 1.96. The lowest BCUT2D eigenvalue weighted by Crippen LogP contribution is -2.34. The molecule has 0 spiro atoms. The summed E-state index contributed by atoms with van der Waals surface area (Å²) in [6.45, 7) is 3.94. The van der Waals surface area contributed by atoms with Crippen molar-refractivity contribution in [2.75, 3.05) is 30.8 Å². The molecule has 0 saturated carbocycles. The van der Waals surface area contributed by atoms with Crippen LogP contribution in [0.15, 0.2) is 35.4 Å². The first kappa shape index (κ1) is 21.5. The van der Waals surface area contributed by atoms with E-state index < -0.39 is 17.8 Å². The summed E-state index contributed by atoms with van der Waals surface area (Å²) in [5, 5.41) is 3.04. The summed E-state index contributed by atoms with van der Waals surface area (Å²) in [5.41, 5.74) is 0.865. The summed E-state index contributed by atoms with van der Waals surface area (Å²) in [4.78, 5) is 48.9. The Bertz CT molecular complexity index is 775. The van der Waals surface area contributed by atoms with Gasteiger partial charge < -0.3 is 14.8 Å². The lowest BCUT2D eigenvalue weighted by atomic mass is 10.2. The quantitative estimate of drug-likeness (QED) is 0.521. The molecule has 28 heavy (non-hydrogen) atoms. The van der Waals surface area contributed by atoms with Gasteiger partial charge in [-0.25, -0.2) is 9.59 Å². The average molecular weight is 406 g/mol. The van der Waals surface area contributed by atoms with Crippen molar-refractivity contribution in [1.29, 1.82) is 0 Å². The van der Waals surface area contributed by atoms with E-state index in [0.29, 0.717) is 22.9 Å². The van der Waals surface area contributed by atoms with Gasteiger partial charge >= 0.3 is 11.9 Å². The second-order valence-corrected chi connectivity index (χ2v) is 6.76. The largest absolute Gasteiger partial charge is 0.463 e. The molecule has 8 nitrogen and oxygen atoms in total. The number of thioether (sulfide) groups is 1. The van der Waals surface area contributed by atoms with E-state index >= 15 is 0 Å². The normalized spacial score (nSPS) is 14.9. The molecule has 0 radical (unpaired) electrons. The zero-order valence-corrected chi connectivity index (χ0v) is 16.5. The standard InChI is InChI=1S/C19H22N2O6S/c1-3-9-27-19(25)13-5-7-14(8-6-13)20-15(22)11-21-16(23)12-28-17(21)10-18(24)26-4-2/h5-8,10H,3-4,9,11-12H2,1-2H3,(H,20,22)/b17-10-. The first-order chi connectivity index (χ1) is 13.4. The summed E-state index contributed by atoms with van der Waals surface area (Å²) in [5.74, 6) is -1.51. The number of hydrogen-bond acceptors (Lipinski definition) is 7. The number of carbonyl (C=O) groups excluding carboxylic acids is 4. The van der Waals surface area contributed by atoms with Crippen LogP contribution in [0.1, 0.15) is 30.6 Å². The molecule has 2 amide bonds. The van der Waals surface area contributed by atoms with E-state index in [0.717, 1.165) is 6.42 Å². The monoisotopic (exact) mass is 406 g/mol. The van der Waals surface area contributed by atoms with E-state index in [1.54, 1.807) is 31.2 Å². The third-order valence-electron chi connectivity index (χ3n) is 3.58. The predicted octanol–water partition coefficient (Wildman–Crippen LogP) is 2.17. The molecule has 0 atom stereocenters. The molecular weight excluding hydrogens is 384 g/mol. The number of amides is 2. The number of benzene rings is 1. The molecule has 2 rings (SSSR count). The number of nitrogens with one attached hydrogen (secondary N) is 1. The summed E-state index contributed by atoms with van der Waals surface area (Å²) >= 11 is 1.18. The molecule has 1 fully saturated rings. The molecule has 1 aromatic carbocycles. The average Bonchev–Trinajstić information content (AvgIpc) is 3.00. The van der Waals surface area contributed by atoms with Crippen LogP contribution < -0.4 is 5.32 Å². The van der Waals surface area contributed by atoms with Crippen molar-refractivity contribution < 1.29 is 28.7 Å². The molecular formula is C19H22N2O6S. The number of anilines is 1. The van der Waals surface area contributed by atoms with Gasteiger partial charge in [0, 0.05) is 5.69 Å². The number of ether oxygens (including phenoxy) is 2. The number of esters is 2. The molecule has 9 heteroatoms. The van der Waals surface area contributed by atoms with Crippen LogP contribution in [0.25, 0.3) is 0 Å². The molecule has 1 aliphatic heterocycles. The SMILES string of the molecule is CCCOC(=O)c1ccc(NC(=O)CN2C(=O)CS/C2=C\C(=O)OCC)cc1. The fraction of sp³-hybridized carbons (Fsp3) is 0.368. The van der Waals surface area contributed by atoms with Crippen molar-refractivity contribution in [3.8, 4) is 0 Å². The number of nitrogens with zero attached hydrogens (tertiary/aromatic N) is 1. The van der Waals surface area contributed by atoms with Gasteiger partial charge in [-0.3, -0.25) is 14.5 Å². The first-order valence-electron chi connectivity index (χ1n) is 8.83. The summed E-state index contributed by atoms with van der Waals surface area (Å²) in [6.07, 6.45) is 1.95. The summed E-state index contributed by atoms with van der Waals surface area (Å²) in [7, 11) is 0. The van der Waals surface area contributed by atoms with Crippen molar-refractivity contribution in [3.05, 3.63) is 40.9 Å².